The third kappa shape index (κ3) is 2.10. The Hall–Kier alpha value is -1.29. The van der Waals surface area contributed by atoms with Crippen LogP contribution >= 0.6 is 0 Å². The van der Waals surface area contributed by atoms with E-state index in [4.69, 9.17) is 10.8 Å². The molecule has 0 bridgehead atoms. The number of nitrogens with zero attached hydrogens (tertiary/aromatic N) is 1. The van der Waals surface area contributed by atoms with E-state index in [9.17, 15) is 0 Å². The maximum atomic E-state index is 8.54. The molecule has 1 aromatic rings. The first-order chi connectivity index (χ1) is 5.74. The minimum atomic E-state index is 0.102. The van der Waals surface area contributed by atoms with Gasteiger partial charge in [-0.05, 0) is 18.6 Å². The lowest BCUT2D eigenvalue weighted by atomic mass is 10.2. The Kier molecular flexibility index (Phi) is 2.88. The molecular weight excluding hydrogens is 154 g/mol. The third-order valence-electron chi connectivity index (χ3n) is 1.57. The number of aryl methyl sites for hydroxylation is 1. The normalized spacial score (nSPS) is 9.83. The predicted octanol–water partition coefficient (Wildman–Crippen LogP) is 0.376. The van der Waals surface area contributed by atoms with Crippen LogP contribution in [0.15, 0.2) is 12.3 Å². The van der Waals surface area contributed by atoms with Crippen molar-refractivity contribution in [2.24, 2.45) is 0 Å². The van der Waals surface area contributed by atoms with E-state index in [1.165, 1.54) is 0 Å². The van der Waals surface area contributed by atoms with Crippen molar-refractivity contribution in [3.05, 3.63) is 17.8 Å². The molecule has 0 atom stereocenters. The van der Waals surface area contributed by atoms with Crippen LogP contribution < -0.4 is 11.1 Å². The highest BCUT2D eigenvalue weighted by Crippen LogP contribution is 2.12. The summed E-state index contributed by atoms with van der Waals surface area (Å²) < 4.78 is 0. The van der Waals surface area contributed by atoms with E-state index in [0.29, 0.717) is 12.2 Å². The molecule has 0 amide bonds. The number of aliphatic hydroxyl groups excluding tert-OH is 1. The van der Waals surface area contributed by atoms with Crippen molar-refractivity contribution in [3.63, 3.8) is 0 Å². The van der Waals surface area contributed by atoms with E-state index in [1.54, 1.807) is 6.20 Å². The molecule has 0 spiro atoms. The fourth-order valence-electron chi connectivity index (χ4n) is 0.847. The zero-order chi connectivity index (χ0) is 8.97. The standard InChI is InChI=1S/C8H13N3O/c1-6-4-8(10-2-3-12)11-5-7(6)9/h4-5,12H,2-3,9H2,1H3,(H,10,11). The van der Waals surface area contributed by atoms with Crippen molar-refractivity contribution in [1.29, 1.82) is 0 Å². The van der Waals surface area contributed by atoms with Crippen molar-refractivity contribution in [3.8, 4) is 0 Å². The van der Waals surface area contributed by atoms with Gasteiger partial charge >= 0.3 is 0 Å². The Morgan fingerprint density at radius 1 is 1.67 bits per heavy atom. The summed E-state index contributed by atoms with van der Waals surface area (Å²) in [6.07, 6.45) is 1.61. The Morgan fingerprint density at radius 2 is 2.42 bits per heavy atom. The van der Waals surface area contributed by atoms with Crippen LogP contribution in [0.4, 0.5) is 11.5 Å². The third-order valence-corrected chi connectivity index (χ3v) is 1.57. The summed E-state index contributed by atoms with van der Waals surface area (Å²) in [6, 6.07) is 1.85. The lowest BCUT2D eigenvalue weighted by Gasteiger charge is -2.05. The second-order valence-electron chi connectivity index (χ2n) is 2.58. The summed E-state index contributed by atoms with van der Waals surface area (Å²) in [5, 5.41) is 11.5. The van der Waals surface area contributed by atoms with Crippen molar-refractivity contribution < 1.29 is 5.11 Å². The molecule has 4 N–H and O–H groups in total. The smallest absolute Gasteiger partial charge is 0.126 e. The number of nitrogen functional groups attached to an aromatic ring is 1. The van der Waals surface area contributed by atoms with Gasteiger partial charge < -0.3 is 16.2 Å². The highest BCUT2D eigenvalue weighted by atomic mass is 16.3. The highest BCUT2D eigenvalue weighted by Gasteiger charge is 1.96. The Balaban J connectivity index is 2.69. The zero-order valence-corrected chi connectivity index (χ0v) is 7.04. The number of anilines is 2. The average molecular weight is 167 g/mol. The Morgan fingerprint density at radius 3 is 3.00 bits per heavy atom. The molecule has 1 rings (SSSR count). The van der Waals surface area contributed by atoms with Gasteiger partial charge in [0.25, 0.3) is 0 Å². The first-order valence-corrected chi connectivity index (χ1v) is 3.81. The number of hydrogen-bond acceptors (Lipinski definition) is 4. The summed E-state index contributed by atoms with van der Waals surface area (Å²) in [6.45, 7) is 2.53. The largest absolute Gasteiger partial charge is 0.397 e. The average Bonchev–Trinajstić information content (AvgIpc) is 2.07. The second-order valence-corrected chi connectivity index (χ2v) is 2.58. The molecule has 1 aromatic heterocycles. The summed E-state index contributed by atoms with van der Waals surface area (Å²) in [4.78, 5) is 4.03. The first-order valence-electron chi connectivity index (χ1n) is 3.81. The molecule has 0 aromatic carbocycles. The molecule has 0 aliphatic rings. The summed E-state index contributed by atoms with van der Waals surface area (Å²) >= 11 is 0. The van der Waals surface area contributed by atoms with Crippen LogP contribution in [-0.2, 0) is 0 Å². The molecule has 0 saturated heterocycles. The lowest BCUT2D eigenvalue weighted by Crippen LogP contribution is -2.07. The van der Waals surface area contributed by atoms with Gasteiger partial charge in [0.2, 0.25) is 0 Å². The van der Waals surface area contributed by atoms with Gasteiger partial charge in [-0.25, -0.2) is 4.98 Å². The van der Waals surface area contributed by atoms with Crippen molar-refractivity contribution in [2.75, 3.05) is 24.2 Å². The fourth-order valence-corrected chi connectivity index (χ4v) is 0.847. The quantitative estimate of drug-likeness (QED) is 0.608. The molecule has 4 nitrogen and oxygen atoms in total. The highest BCUT2D eigenvalue weighted by molar-refractivity contribution is 5.50. The maximum Gasteiger partial charge on any atom is 0.126 e. The fraction of sp³-hybridized carbons (Fsp3) is 0.375. The van der Waals surface area contributed by atoms with Crippen LogP contribution in [0.2, 0.25) is 0 Å². The van der Waals surface area contributed by atoms with E-state index in [1.807, 2.05) is 13.0 Å². The molecule has 0 aliphatic heterocycles. The second kappa shape index (κ2) is 3.92. The number of aliphatic hydroxyl groups is 1. The van der Waals surface area contributed by atoms with Gasteiger partial charge in [0.05, 0.1) is 18.5 Å². The molecule has 12 heavy (non-hydrogen) atoms. The lowest BCUT2D eigenvalue weighted by molar-refractivity contribution is 0.311. The van der Waals surface area contributed by atoms with E-state index >= 15 is 0 Å². The maximum absolute atomic E-state index is 8.54. The van der Waals surface area contributed by atoms with Gasteiger partial charge in [0.1, 0.15) is 5.82 Å². The van der Waals surface area contributed by atoms with Crippen LogP contribution in [-0.4, -0.2) is 23.2 Å². The number of aromatic nitrogens is 1. The predicted molar refractivity (Wildman–Crippen MR) is 49.0 cm³/mol. The van der Waals surface area contributed by atoms with Gasteiger partial charge in [-0.2, -0.15) is 0 Å². The number of hydrogen-bond donors (Lipinski definition) is 3. The minimum absolute atomic E-state index is 0.102. The van der Waals surface area contributed by atoms with Gasteiger partial charge in [-0.3, -0.25) is 0 Å². The van der Waals surface area contributed by atoms with Gasteiger partial charge in [-0.15, -0.1) is 0 Å². The molecule has 0 saturated carbocycles. The molecule has 0 fully saturated rings. The molecule has 1 heterocycles. The van der Waals surface area contributed by atoms with Crippen LogP contribution in [0, 0.1) is 6.92 Å². The van der Waals surface area contributed by atoms with Gasteiger partial charge in [0, 0.05) is 6.54 Å². The Labute approximate surface area is 71.4 Å². The molecule has 0 unspecified atom stereocenters. The van der Waals surface area contributed by atoms with Crippen LogP contribution in [0.1, 0.15) is 5.56 Å². The number of nitrogens with two attached hydrogens (primary N) is 1. The van der Waals surface area contributed by atoms with Crippen LogP contribution in [0.25, 0.3) is 0 Å². The van der Waals surface area contributed by atoms with Crippen LogP contribution in [0.5, 0.6) is 0 Å². The Bertz CT molecular complexity index is 262. The monoisotopic (exact) mass is 167 g/mol. The van der Waals surface area contributed by atoms with Crippen molar-refractivity contribution in [2.45, 2.75) is 6.92 Å². The molecule has 66 valence electrons. The van der Waals surface area contributed by atoms with E-state index in [-0.39, 0.29) is 6.61 Å². The van der Waals surface area contributed by atoms with Gasteiger partial charge in [-0.1, -0.05) is 0 Å². The molecule has 4 heteroatoms. The van der Waals surface area contributed by atoms with Gasteiger partial charge in [0.15, 0.2) is 0 Å². The first kappa shape index (κ1) is 8.80. The topological polar surface area (TPSA) is 71.2 Å². The number of pyridine rings is 1. The SMILES string of the molecule is Cc1cc(NCCO)ncc1N. The van der Waals surface area contributed by atoms with Crippen molar-refractivity contribution >= 4 is 11.5 Å². The number of nitrogens with one attached hydrogen (secondary N) is 1. The summed E-state index contributed by atoms with van der Waals surface area (Å²) in [5.41, 5.74) is 7.25. The van der Waals surface area contributed by atoms with Crippen LogP contribution in [0.3, 0.4) is 0 Å². The summed E-state index contributed by atoms with van der Waals surface area (Å²) in [7, 11) is 0. The zero-order valence-electron chi connectivity index (χ0n) is 7.04. The van der Waals surface area contributed by atoms with E-state index in [0.717, 1.165) is 11.4 Å². The molecule has 0 radical (unpaired) electrons. The summed E-state index contributed by atoms with van der Waals surface area (Å²) in [5.74, 6) is 0.746. The van der Waals surface area contributed by atoms with E-state index < -0.39 is 0 Å². The number of rotatable bonds is 3. The molecule has 0 aliphatic carbocycles. The minimum Gasteiger partial charge on any atom is -0.397 e. The van der Waals surface area contributed by atoms with E-state index in [2.05, 4.69) is 10.3 Å². The molecular formula is C8H13N3O. The van der Waals surface area contributed by atoms with Crippen molar-refractivity contribution in [1.82, 2.24) is 4.98 Å².